The van der Waals surface area contributed by atoms with Gasteiger partial charge in [-0.05, 0) is 0 Å². The third-order valence-corrected chi connectivity index (χ3v) is 0. The van der Waals surface area contributed by atoms with E-state index in [1.807, 2.05) is 0 Å². The van der Waals surface area contributed by atoms with Gasteiger partial charge in [0.15, 0.2) is 0 Å². The van der Waals surface area contributed by atoms with E-state index in [4.69, 9.17) is 19.8 Å². The minimum atomic E-state index is -1.83. The maximum absolute atomic E-state index is 9.00. The van der Waals surface area contributed by atoms with Crippen LogP contribution < -0.4 is 11.5 Å². The van der Waals surface area contributed by atoms with Gasteiger partial charge in [-0.15, -0.1) is 0 Å². The van der Waals surface area contributed by atoms with Crippen LogP contribution in [0.15, 0.2) is 0 Å². The summed E-state index contributed by atoms with van der Waals surface area (Å²) in [6, 6.07) is -0.833. The van der Waals surface area contributed by atoms with Crippen molar-refractivity contribution in [1.29, 1.82) is 0 Å². The van der Waals surface area contributed by atoms with E-state index in [9.17, 15) is 0 Å². The Labute approximate surface area is 93.6 Å². The monoisotopic (exact) mass is 162 g/mol. The molecule has 0 saturated carbocycles. The molecule has 0 aromatic rings. The Bertz CT molecular complexity index is 74.6. The Morgan fingerprint density at radius 1 is 1.11 bits per heavy atom. The van der Waals surface area contributed by atoms with Crippen LogP contribution in [0.25, 0.3) is 0 Å². The summed E-state index contributed by atoms with van der Waals surface area (Å²) in [6.45, 7) is 0. The number of urea groups is 1. The molecular formula is C2H7KN2O4. The van der Waals surface area contributed by atoms with E-state index in [0.29, 0.717) is 0 Å². The van der Waals surface area contributed by atoms with E-state index in [1.54, 1.807) is 0 Å². The third kappa shape index (κ3) is 10000. The number of hydrogen-bond acceptors (Lipinski definition) is 2. The van der Waals surface area contributed by atoms with Crippen LogP contribution in [0.5, 0.6) is 0 Å². The van der Waals surface area contributed by atoms with E-state index in [0.717, 1.165) is 0 Å². The van der Waals surface area contributed by atoms with Crippen molar-refractivity contribution in [2.75, 3.05) is 0 Å². The molecule has 9 heavy (non-hydrogen) atoms. The summed E-state index contributed by atoms with van der Waals surface area (Å²) in [4.78, 5) is 17.6. The molecule has 0 spiro atoms. The summed E-state index contributed by atoms with van der Waals surface area (Å²) in [5.74, 6) is 0. The van der Waals surface area contributed by atoms with Crippen molar-refractivity contribution >= 4 is 63.6 Å². The van der Waals surface area contributed by atoms with Gasteiger partial charge in [0.05, 0.1) is 0 Å². The average molecular weight is 162 g/mol. The molecule has 0 unspecified atom stereocenters. The number of nitrogens with two attached hydrogens (primary N) is 2. The molecular weight excluding hydrogens is 155 g/mol. The molecule has 0 fully saturated rings. The first-order valence-electron chi connectivity index (χ1n) is 1.43. The molecule has 0 aliphatic rings. The zero-order valence-electron chi connectivity index (χ0n) is 3.87. The van der Waals surface area contributed by atoms with Gasteiger partial charge in [-0.1, -0.05) is 0 Å². The van der Waals surface area contributed by atoms with Crippen molar-refractivity contribution in [3.63, 3.8) is 0 Å². The fraction of sp³-hybridized carbons (Fsp3) is 0. The molecule has 0 aromatic heterocycles. The molecule has 0 saturated heterocycles. The average Bonchev–Trinajstić information content (AvgIpc) is 1.25. The minimum absolute atomic E-state index is 0. The molecule has 0 atom stereocenters. The molecule has 6 nitrogen and oxygen atoms in total. The van der Waals surface area contributed by atoms with Crippen LogP contribution in [-0.4, -0.2) is 73.8 Å². The fourth-order valence-electron chi connectivity index (χ4n) is 0. The number of rotatable bonds is 0. The fourth-order valence-corrected chi connectivity index (χ4v) is 0. The molecule has 50 valence electrons. The van der Waals surface area contributed by atoms with E-state index < -0.39 is 12.2 Å². The van der Waals surface area contributed by atoms with Gasteiger partial charge in [-0.3, -0.25) is 0 Å². The molecule has 0 rings (SSSR count). The Balaban J connectivity index is -0.0000000720. The molecule has 6 N–H and O–H groups in total. The summed E-state index contributed by atoms with van der Waals surface area (Å²) in [6.07, 6.45) is -1.83. The van der Waals surface area contributed by atoms with Crippen molar-refractivity contribution in [2.45, 2.75) is 0 Å². The van der Waals surface area contributed by atoms with Gasteiger partial charge >= 0.3 is 63.6 Å². The van der Waals surface area contributed by atoms with E-state index >= 15 is 0 Å². The summed E-state index contributed by atoms with van der Waals surface area (Å²) in [5, 5.41) is 13.9. The quantitative estimate of drug-likeness (QED) is 0.326. The normalized spacial score (nSPS) is 5.33. The first-order chi connectivity index (χ1) is 3.46. The van der Waals surface area contributed by atoms with Gasteiger partial charge in [-0.25, -0.2) is 9.59 Å². The van der Waals surface area contributed by atoms with E-state index in [1.165, 1.54) is 0 Å². The Hall–Kier alpha value is 0.176. The standard InChI is InChI=1S/CH4N2O.CH2O3.K.H/c2*2-1(3)4;;/h(H4,2,3,4);(H2,2,3,4);;. The molecule has 0 heterocycles. The molecule has 0 radical (unpaired) electrons. The molecule has 7 heteroatoms. The van der Waals surface area contributed by atoms with E-state index in [2.05, 4.69) is 11.5 Å². The number of carbonyl (C=O) groups is 2. The van der Waals surface area contributed by atoms with Crippen LogP contribution in [0.2, 0.25) is 0 Å². The van der Waals surface area contributed by atoms with Gasteiger partial charge < -0.3 is 21.7 Å². The maximum atomic E-state index is 9.00. The summed E-state index contributed by atoms with van der Waals surface area (Å²) in [7, 11) is 0. The second-order valence-corrected chi connectivity index (χ2v) is 0.685. The molecule has 0 aromatic carbocycles. The SMILES string of the molecule is NC(N)=O.O=C(O)O.[KH]. The van der Waals surface area contributed by atoms with Crippen molar-refractivity contribution in [2.24, 2.45) is 11.5 Å². The second-order valence-electron chi connectivity index (χ2n) is 0.685. The summed E-state index contributed by atoms with van der Waals surface area (Å²) in [5.41, 5.74) is 8.50. The van der Waals surface area contributed by atoms with Gasteiger partial charge in [0.2, 0.25) is 0 Å². The first kappa shape index (κ1) is 16.1. The number of carbonyl (C=O) groups excluding carboxylic acids is 1. The van der Waals surface area contributed by atoms with Crippen LogP contribution >= 0.6 is 0 Å². The van der Waals surface area contributed by atoms with Crippen molar-refractivity contribution in [3.05, 3.63) is 0 Å². The summed E-state index contributed by atoms with van der Waals surface area (Å²) >= 11 is 0. The number of hydrogen-bond donors (Lipinski definition) is 4. The molecule has 0 bridgehead atoms. The predicted molar refractivity (Wildman–Crippen MR) is 31.6 cm³/mol. The van der Waals surface area contributed by atoms with Crippen LogP contribution in [0.4, 0.5) is 9.59 Å². The topological polar surface area (TPSA) is 127 Å². The van der Waals surface area contributed by atoms with Crippen molar-refractivity contribution in [3.8, 4) is 0 Å². The Kier molecular flexibility index (Phi) is 19.7. The summed E-state index contributed by atoms with van der Waals surface area (Å²) < 4.78 is 0. The Morgan fingerprint density at radius 3 is 1.11 bits per heavy atom. The van der Waals surface area contributed by atoms with Crippen LogP contribution in [0.1, 0.15) is 0 Å². The van der Waals surface area contributed by atoms with Crippen LogP contribution in [0, 0.1) is 0 Å². The zero-order valence-corrected chi connectivity index (χ0v) is 3.87. The third-order valence-electron chi connectivity index (χ3n) is 0. The predicted octanol–water partition coefficient (Wildman–Crippen LogP) is -1.40. The zero-order chi connectivity index (χ0) is 7.15. The van der Waals surface area contributed by atoms with Crippen molar-refractivity contribution in [1.82, 2.24) is 0 Å². The van der Waals surface area contributed by atoms with Crippen molar-refractivity contribution < 1.29 is 19.8 Å². The molecule has 0 aliphatic carbocycles. The number of primary amides is 2. The second kappa shape index (κ2) is 11.0. The van der Waals surface area contributed by atoms with Crippen LogP contribution in [-0.2, 0) is 0 Å². The van der Waals surface area contributed by atoms with E-state index in [-0.39, 0.29) is 51.4 Å². The van der Waals surface area contributed by atoms with Gasteiger partial charge in [0, 0.05) is 0 Å². The van der Waals surface area contributed by atoms with Gasteiger partial charge in [0.1, 0.15) is 0 Å². The van der Waals surface area contributed by atoms with Gasteiger partial charge in [0.25, 0.3) is 0 Å². The Morgan fingerprint density at radius 2 is 1.11 bits per heavy atom. The molecule has 0 aliphatic heterocycles. The number of amides is 2. The number of carboxylic acid groups (broad SMARTS) is 2. The van der Waals surface area contributed by atoms with Crippen LogP contribution in [0.3, 0.4) is 0 Å². The first-order valence-corrected chi connectivity index (χ1v) is 1.43. The molecule has 2 amide bonds. The van der Waals surface area contributed by atoms with Gasteiger partial charge in [-0.2, -0.15) is 0 Å².